The first-order chi connectivity index (χ1) is 8.19. The number of carbonyl (C=O) groups is 2. The number of carboxylic acid groups (broad SMARTS) is 1. The Kier molecular flexibility index (Phi) is 4.73. The van der Waals surface area contributed by atoms with Crippen molar-refractivity contribution in [3.05, 3.63) is 0 Å². The van der Waals surface area contributed by atoms with Crippen LogP contribution in [0.4, 0.5) is 0 Å². The predicted molar refractivity (Wildman–Crippen MR) is 67.2 cm³/mol. The molecule has 104 valence electrons. The van der Waals surface area contributed by atoms with Gasteiger partial charge in [-0.3, -0.25) is 9.59 Å². The highest BCUT2D eigenvalue weighted by Crippen LogP contribution is 2.26. The van der Waals surface area contributed by atoms with Gasteiger partial charge in [-0.1, -0.05) is 13.8 Å². The van der Waals surface area contributed by atoms with Crippen molar-refractivity contribution in [2.75, 3.05) is 13.1 Å². The summed E-state index contributed by atoms with van der Waals surface area (Å²) in [7, 11) is 0. The molecule has 2 atom stereocenters. The van der Waals surface area contributed by atoms with Gasteiger partial charge < -0.3 is 14.7 Å². The van der Waals surface area contributed by atoms with Crippen LogP contribution in [0.5, 0.6) is 0 Å². The summed E-state index contributed by atoms with van der Waals surface area (Å²) in [4.78, 5) is 24.7. The fourth-order valence-corrected chi connectivity index (χ4v) is 2.37. The lowest BCUT2D eigenvalue weighted by Crippen LogP contribution is -2.49. The molecule has 0 unspecified atom stereocenters. The fourth-order valence-electron chi connectivity index (χ4n) is 2.37. The minimum atomic E-state index is -0.864. The molecule has 0 bridgehead atoms. The van der Waals surface area contributed by atoms with Gasteiger partial charge in [-0.2, -0.15) is 0 Å². The number of rotatable bonds is 4. The van der Waals surface area contributed by atoms with Gasteiger partial charge in [-0.05, 0) is 19.3 Å². The molecule has 5 heteroatoms. The van der Waals surface area contributed by atoms with Crippen molar-refractivity contribution in [1.82, 2.24) is 4.90 Å². The zero-order valence-corrected chi connectivity index (χ0v) is 11.6. The first-order valence-corrected chi connectivity index (χ1v) is 6.34. The molecule has 0 spiro atoms. The summed E-state index contributed by atoms with van der Waals surface area (Å²) in [6.07, 6.45) is 0.355. The number of hydrogen-bond donors (Lipinski definition) is 1. The van der Waals surface area contributed by atoms with Crippen LogP contribution in [0.25, 0.3) is 0 Å². The van der Waals surface area contributed by atoms with Crippen LogP contribution in [0.3, 0.4) is 0 Å². The SMILES string of the molecule is C[C@H]1CN(C(=O)CC(C)(C)CC(=O)O)C[C@H](C)O1. The number of carbonyl (C=O) groups excluding carboxylic acids is 1. The first kappa shape index (κ1) is 15.0. The number of amides is 1. The van der Waals surface area contributed by atoms with E-state index in [0.717, 1.165) is 0 Å². The topological polar surface area (TPSA) is 66.8 Å². The molecule has 0 saturated carbocycles. The van der Waals surface area contributed by atoms with Crippen LogP contribution in [0.2, 0.25) is 0 Å². The molecule has 0 aromatic carbocycles. The number of ether oxygens (including phenoxy) is 1. The highest BCUT2D eigenvalue weighted by Gasteiger charge is 2.31. The molecular weight excluding hydrogens is 234 g/mol. The second kappa shape index (κ2) is 5.69. The molecule has 1 N–H and O–H groups in total. The molecule has 0 aliphatic carbocycles. The van der Waals surface area contributed by atoms with E-state index < -0.39 is 11.4 Å². The van der Waals surface area contributed by atoms with Crippen LogP contribution < -0.4 is 0 Å². The third-order valence-electron chi connectivity index (χ3n) is 3.03. The second-order valence-corrected chi connectivity index (χ2v) is 5.97. The number of nitrogens with zero attached hydrogens (tertiary/aromatic N) is 1. The van der Waals surface area contributed by atoms with Gasteiger partial charge in [-0.25, -0.2) is 0 Å². The Bertz CT molecular complexity index is 317. The monoisotopic (exact) mass is 257 g/mol. The lowest BCUT2D eigenvalue weighted by atomic mass is 9.85. The van der Waals surface area contributed by atoms with E-state index in [0.29, 0.717) is 13.1 Å². The maximum Gasteiger partial charge on any atom is 0.303 e. The molecule has 1 aliphatic rings. The second-order valence-electron chi connectivity index (χ2n) is 5.97. The standard InChI is InChI=1S/C13H23NO4/c1-9-7-14(8-10(2)18-9)11(15)5-13(3,4)6-12(16)17/h9-10H,5-8H2,1-4H3,(H,16,17)/t9-,10-/m0/s1. The number of aliphatic carboxylic acids is 1. The van der Waals surface area contributed by atoms with E-state index in [9.17, 15) is 9.59 Å². The Morgan fingerprint density at radius 1 is 1.22 bits per heavy atom. The first-order valence-electron chi connectivity index (χ1n) is 6.34. The van der Waals surface area contributed by atoms with Gasteiger partial charge in [-0.15, -0.1) is 0 Å². The largest absolute Gasteiger partial charge is 0.481 e. The molecule has 18 heavy (non-hydrogen) atoms. The van der Waals surface area contributed by atoms with E-state index in [1.165, 1.54) is 0 Å². The zero-order valence-electron chi connectivity index (χ0n) is 11.6. The Morgan fingerprint density at radius 2 is 1.72 bits per heavy atom. The van der Waals surface area contributed by atoms with Crippen LogP contribution in [0, 0.1) is 5.41 Å². The van der Waals surface area contributed by atoms with E-state index in [-0.39, 0.29) is 31.0 Å². The normalized spacial score (nSPS) is 25.0. The van der Waals surface area contributed by atoms with Gasteiger partial charge in [0.15, 0.2) is 0 Å². The lowest BCUT2D eigenvalue weighted by molar-refractivity contribution is -0.146. The van der Waals surface area contributed by atoms with Gasteiger partial charge in [0.1, 0.15) is 0 Å². The Balaban J connectivity index is 2.56. The van der Waals surface area contributed by atoms with E-state index in [4.69, 9.17) is 9.84 Å². The summed E-state index contributed by atoms with van der Waals surface area (Å²) >= 11 is 0. The van der Waals surface area contributed by atoms with Gasteiger partial charge in [0.25, 0.3) is 0 Å². The van der Waals surface area contributed by atoms with E-state index in [1.54, 1.807) is 4.90 Å². The summed E-state index contributed by atoms with van der Waals surface area (Å²) in [6, 6.07) is 0. The molecule has 1 saturated heterocycles. The van der Waals surface area contributed by atoms with E-state index in [1.807, 2.05) is 27.7 Å². The summed E-state index contributed by atoms with van der Waals surface area (Å²) in [5.41, 5.74) is -0.506. The fraction of sp³-hybridized carbons (Fsp3) is 0.846. The molecule has 0 radical (unpaired) electrons. The van der Waals surface area contributed by atoms with Gasteiger partial charge in [0.05, 0.1) is 18.6 Å². The van der Waals surface area contributed by atoms with Gasteiger partial charge in [0, 0.05) is 19.5 Å². The molecule has 1 heterocycles. The predicted octanol–water partition coefficient (Wildman–Crippen LogP) is 1.51. The number of morpholine rings is 1. The molecule has 0 aromatic rings. The maximum absolute atomic E-state index is 12.2. The molecule has 1 aliphatic heterocycles. The van der Waals surface area contributed by atoms with E-state index in [2.05, 4.69) is 0 Å². The molecule has 1 amide bonds. The zero-order chi connectivity index (χ0) is 13.9. The summed E-state index contributed by atoms with van der Waals surface area (Å²) in [6.45, 7) is 8.69. The van der Waals surface area contributed by atoms with Gasteiger partial charge in [0.2, 0.25) is 5.91 Å². The van der Waals surface area contributed by atoms with E-state index >= 15 is 0 Å². The Hall–Kier alpha value is -1.10. The average Bonchev–Trinajstić information content (AvgIpc) is 2.12. The van der Waals surface area contributed by atoms with Crippen molar-refractivity contribution < 1.29 is 19.4 Å². The quantitative estimate of drug-likeness (QED) is 0.829. The van der Waals surface area contributed by atoms with Crippen molar-refractivity contribution in [2.45, 2.75) is 52.7 Å². The summed E-state index contributed by atoms with van der Waals surface area (Å²) in [5.74, 6) is -0.847. The van der Waals surface area contributed by atoms with Gasteiger partial charge >= 0.3 is 5.97 Å². The van der Waals surface area contributed by atoms with Crippen molar-refractivity contribution in [3.8, 4) is 0 Å². The van der Waals surface area contributed by atoms with Crippen molar-refractivity contribution in [2.24, 2.45) is 5.41 Å². The highest BCUT2D eigenvalue weighted by atomic mass is 16.5. The lowest BCUT2D eigenvalue weighted by Gasteiger charge is -2.37. The molecule has 1 rings (SSSR count). The number of hydrogen-bond acceptors (Lipinski definition) is 3. The summed E-state index contributed by atoms with van der Waals surface area (Å²) in [5, 5.41) is 8.81. The Morgan fingerprint density at radius 3 is 2.17 bits per heavy atom. The molecule has 1 fully saturated rings. The Labute approximate surface area is 108 Å². The third-order valence-corrected chi connectivity index (χ3v) is 3.03. The number of carboxylic acids is 1. The van der Waals surface area contributed by atoms with Crippen molar-refractivity contribution in [3.63, 3.8) is 0 Å². The van der Waals surface area contributed by atoms with Crippen molar-refractivity contribution in [1.29, 1.82) is 0 Å². The van der Waals surface area contributed by atoms with Crippen molar-refractivity contribution >= 4 is 11.9 Å². The highest BCUT2D eigenvalue weighted by molar-refractivity contribution is 5.78. The average molecular weight is 257 g/mol. The molecule has 0 aromatic heterocycles. The minimum Gasteiger partial charge on any atom is -0.481 e. The van der Waals surface area contributed by atoms with Crippen LogP contribution in [-0.4, -0.2) is 47.2 Å². The third kappa shape index (κ3) is 4.64. The van der Waals surface area contributed by atoms with Crippen LogP contribution in [0.1, 0.15) is 40.5 Å². The maximum atomic E-state index is 12.2. The van der Waals surface area contributed by atoms with Crippen LogP contribution in [-0.2, 0) is 14.3 Å². The smallest absolute Gasteiger partial charge is 0.303 e. The minimum absolute atomic E-state index is 0.00812. The van der Waals surface area contributed by atoms with Crippen LogP contribution >= 0.6 is 0 Å². The molecular formula is C13H23NO4. The summed E-state index contributed by atoms with van der Waals surface area (Å²) < 4.78 is 5.57. The molecule has 5 nitrogen and oxygen atoms in total. The van der Waals surface area contributed by atoms with Crippen LogP contribution in [0.15, 0.2) is 0 Å².